The Kier molecular flexibility index (Phi) is 2.63. The fraction of sp³-hybridized carbons (Fsp3) is 0.462. The van der Waals surface area contributed by atoms with Crippen molar-refractivity contribution in [3.63, 3.8) is 0 Å². The van der Waals surface area contributed by atoms with Gasteiger partial charge in [-0.3, -0.25) is 0 Å². The number of terminal acetylenes is 1. The van der Waals surface area contributed by atoms with Crippen molar-refractivity contribution in [1.82, 2.24) is 19.6 Å². The second-order valence-corrected chi connectivity index (χ2v) is 4.76. The number of nitrogens with zero attached hydrogens (tertiary/aromatic N) is 4. The van der Waals surface area contributed by atoms with E-state index in [4.69, 9.17) is 6.42 Å². The summed E-state index contributed by atoms with van der Waals surface area (Å²) in [6.07, 6.45) is 10.1. The molecule has 92 valence electrons. The third-order valence-corrected chi connectivity index (χ3v) is 3.40. The number of hydrogen-bond donors (Lipinski definition) is 1. The molecule has 5 heteroatoms. The van der Waals surface area contributed by atoms with Gasteiger partial charge in [0, 0.05) is 5.56 Å². The van der Waals surface area contributed by atoms with E-state index in [0.29, 0.717) is 18.2 Å². The van der Waals surface area contributed by atoms with Crippen LogP contribution in [0, 0.1) is 18.3 Å². The molecule has 2 aromatic rings. The van der Waals surface area contributed by atoms with E-state index in [1.165, 1.54) is 18.3 Å². The molecule has 0 saturated heterocycles. The average Bonchev–Trinajstić information content (AvgIpc) is 2.82. The highest BCUT2D eigenvalue weighted by Gasteiger charge is 2.22. The highest BCUT2D eigenvalue weighted by molar-refractivity contribution is 5.54. The summed E-state index contributed by atoms with van der Waals surface area (Å²) < 4.78 is 1.74. The van der Waals surface area contributed by atoms with Gasteiger partial charge in [-0.05, 0) is 25.2 Å². The summed E-state index contributed by atoms with van der Waals surface area (Å²) in [6.45, 7) is 2.74. The number of rotatable bonds is 2. The van der Waals surface area contributed by atoms with Crippen LogP contribution in [0.15, 0.2) is 6.33 Å². The lowest BCUT2D eigenvalue weighted by molar-refractivity contribution is 0.491. The number of anilines is 1. The van der Waals surface area contributed by atoms with Gasteiger partial charge in [0.2, 0.25) is 0 Å². The first-order valence-corrected chi connectivity index (χ1v) is 6.18. The summed E-state index contributed by atoms with van der Waals surface area (Å²) in [5.74, 6) is 4.87. The first-order valence-electron chi connectivity index (χ1n) is 6.18. The van der Waals surface area contributed by atoms with Gasteiger partial charge >= 0.3 is 0 Å². The van der Waals surface area contributed by atoms with Crippen LogP contribution >= 0.6 is 0 Å². The lowest BCUT2D eigenvalue weighted by atomic mass is 9.88. The van der Waals surface area contributed by atoms with Crippen molar-refractivity contribution in [2.24, 2.45) is 5.92 Å². The van der Waals surface area contributed by atoms with Gasteiger partial charge in [0.1, 0.15) is 12.1 Å². The van der Waals surface area contributed by atoms with Gasteiger partial charge in [-0.25, -0.2) is 4.98 Å². The molecule has 1 N–H and O–H groups in total. The van der Waals surface area contributed by atoms with Crippen molar-refractivity contribution in [2.75, 3.05) is 11.9 Å². The predicted octanol–water partition coefficient (Wildman–Crippen LogP) is 1.29. The van der Waals surface area contributed by atoms with Crippen molar-refractivity contribution in [2.45, 2.75) is 26.2 Å². The number of hydrogen-bond acceptors (Lipinski definition) is 4. The summed E-state index contributed by atoms with van der Waals surface area (Å²) >= 11 is 0. The van der Waals surface area contributed by atoms with E-state index in [1.807, 2.05) is 0 Å². The maximum atomic E-state index is 5.32. The number of nitrogens with one attached hydrogen (secondary N) is 1. The van der Waals surface area contributed by atoms with Crippen LogP contribution in [0.4, 0.5) is 5.82 Å². The maximum Gasteiger partial charge on any atom is 0.254 e. The molecule has 0 saturated carbocycles. The molecule has 2 aromatic heterocycles. The van der Waals surface area contributed by atoms with E-state index in [0.717, 1.165) is 24.4 Å². The van der Waals surface area contributed by atoms with Crippen LogP contribution in [0.5, 0.6) is 0 Å². The van der Waals surface area contributed by atoms with Crippen LogP contribution in [0.1, 0.15) is 24.6 Å². The normalized spacial score (nSPS) is 18.3. The molecule has 0 amide bonds. The molecule has 1 atom stereocenters. The van der Waals surface area contributed by atoms with E-state index in [9.17, 15) is 0 Å². The second kappa shape index (κ2) is 4.30. The fourth-order valence-corrected chi connectivity index (χ4v) is 2.49. The standard InChI is InChI=1S/C13H15N5/c1-3-6-14-12-10-5-4-9(2)7-11(10)17-13-15-8-16-18(12)13/h1,8-9,14H,4-7H2,2H3. The molecule has 0 radical (unpaired) electrons. The fourth-order valence-electron chi connectivity index (χ4n) is 2.49. The lowest BCUT2D eigenvalue weighted by Gasteiger charge is -2.23. The SMILES string of the molecule is C#CCNc1c2c(nc3ncnn13)CC(C)CC2. The van der Waals surface area contributed by atoms with Crippen molar-refractivity contribution in [3.8, 4) is 12.3 Å². The van der Waals surface area contributed by atoms with Crippen LogP contribution in [-0.4, -0.2) is 26.1 Å². The molecule has 1 unspecified atom stereocenters. The van der Waals surface area contributed by atoms with Gasteiger partial charge in [-0.2, -0.15) is 14.6 Å². The Balaban J connectivity index is 2.16. The summed E-state index contributed by atoms with van der Waals surface area (Å²) in [4.78, 5) is 8.76. The Morgan fingerprint density at radius 2 is 2.50 bits per heavy atom. The van der Waals surface area contributed by atoms with E-state index in [2.05, 4.69) is 33.2 Å². The van der Waals surface area contributed by atoms with Crippen LogP contribution in [0.25, 0.3) is 5.78 Å². The predicted molar refractivity (Wildman–Crippen MR) is 69.3 cm³/mol. The first kappa shape index (κ1) is 11.0. The molecule has 0 aromatic carbocycles. The lowest BCUT2D eigenvalue weighted by Crippen LogP contribution is -2.19. The van der Waals surface area contributed by atoms with E-state index < -0.39 is 0 Å². The molecule has 1 aliphatic rings. The van der Waals surface area contributed by atoms with Gasteiger partial charge in [0.15, 0.2) is 0 Å². The molecule has 0 fully saturated rings. The second-order valence-electron chi connectivity index (χ2n) is 4.76. The zero-order valence-corrected chi connectivity index (χ0v) is 10.3. The monoisotopic (exact) mass is 241 g/mol. The summed E-state index contributed by atoms with van der Waals surface area (Å²) in [6, 6.07) is 0. The average molecular weight is 241 g/mol. The minimum Gasteiger partial charge on any atom is -0.359 e. The molecule has 0 aliphatic heterocycles. The molecular weight excluding hydrogens is 226 g/mol. The largest absolute Gasteiger partial charge is 0.359 e. The van der Waals surface area contributed by atoms with Crippen LogP contribution < -0.4 is 5.32 Å². The zero-order chi connectivity index (χ0) is 12.5. The third-order valence-electron chi connectivity index (χ3n) is 3.40. The van der Waals surface area contributed by atoms with Crippen molar-refractivity contribution in [3.05, 3.63) is 17.6 Å². The van der Waals surface area contributed by atoms with E-state index in [1.54, 1.807) is 4.52 Å². The van der Waals surface area contributed by atoms with Crippen molar-refractivity contribution >= 4 is 11.6 Å². The van der Waals surface area contributed by atoms with Crippen LogP contribution in [0.2, 0.25) is 0 Å². The Labute approximate surface area is 106 Å². The first-order chi connectivity index (χ1) is 8.79. The van der Waals surface area contributed by atoms with Crippen LogP contribution in [-0.2, 0) is 12.8 Å². The van der Waals surface area contributed by atoms with Gasteiger partial charge in [-0.1, -0.05) is 12.8 Å². The van der Waals surface area contributed by atoms with Gasteiger partial charge in [0.05, 0.1) is 12.2 Å². The zero-order valence-electron chi connectivity index (χ0n) is 10.3. The maximum absolute atomic E-state index is 5.32. The quantitative estimate of drug-likeness (QED) is 0.805. The van der Waals surface area contributed by atoms with E-state index in [-0.39, 0.29) is 0 Å². The molecule has 1 aliphatic carbocycles. The molecule has 3 rings (SSSR count). The number of fused-ring (bicyclic) bond motifs is 2. The smallest absolute Gasteiger partial charge is 0.254 e. The van der Waals surface area contributed by atoms with Crippen LogP contribution in [0.3, 0.4) is 0 Å². The van der Waals surface area contributed by atoms with Gasteiger partial charge in [-0.15, -0.1) is 6.42 Å². The topological polar surface area (TPSA) is 55.1 Å². The summed E-state index contributed by atoms with van der Waals surface area (Å²) in [5.41, 5.74) is 2.37. The molecule has 0 bridgehead atoms. The molecule has 0 spiro atoms. The Morgan fingerprint density at radius 3 is 3.33 bits per heavy atom. The Hall–Kier alpha value is -2.09. The van der Waals surface area contributed by atoms with Gasteiger partial charge in [0.25, 0.3) is 5.78 Å². The molecule has 5 nitrogen and oxygen atoms in total. The van der Waals surface area contributed by atoms with Gasteiger partial charge < -0.3 is 5.32 Å². The minimum atomic E-state index is 0.487. The highest BCUT2D eigenvalue weighted by atomic mass is 15.4. The molecular formula is C13H15N5. The summed E-state index contributed by atoms with van der Waals surface area (Å²) in [5, 5.41) is 7.46. The summed E-state index contributed by atoms with van der Waals surface area (Å²) in [7, 11) is 0. The van der Waals surface area contributed by atoms with E-state index >= 15 is 0 Å². The minimum absolute atomic E-state index is 0.487. The third kappa shape index (κ3) is 1.70. The van der Waals surface area contributed by atoms with Crippen molar-refractivity contribution in [1.29, 1.82) is 0 Å². The molecule has 18 heavy (non-hydrogen) atoms. The highest BCUT2D eigenvalue weighted by Crippen LogP contribution is 2.29. The Morgan fingerprint density at radius 1 is 1.61 bits per heavy atom. The molecule has 2 heterocycles. The number of aromatic nitrogens is 4. The Bertz CT molecular complexity index is 622. The van der Waals surface area contributed by atoms with Crippen molar-refractivity contribution < 1.29 is 0 Å².